The summed E-state index contributed by atoms with van der Waals surface area (Å²) >= 11 is 1.47. The fraction of sp³-hybridized carbons (Fsp3) is 0.111. The lowest BCUT2D eigenvalue weighted by atomic mass is 10.3. The lowest BCUT2D eigenvalue weighted by molar-refractivity contribution is 0.0940. The Hall–Kier alpha value is -3.33. The molecule has 7 nitrogen and oxygen atoms in total. The van der Waals surface area contributed by atoms with Gasteiger partial charge in [0.1, 0.15) is 17.3 Å². The maximum Gasteiger partial charge on any atom is 0.291 e. The van der Waals surface area contributed by atoms with Crippen LogP contribution in [0.15, 0.2) is 52.4 Å². The van der Waals surface area contributed by atoms with E-state index in [1.54, 1.807) is 25.1 Å². The molecule has 0 saturated heterocycles. The van der Waals surface area contributed by atoms with Gasteiger partial charge in [-0.25, -0.2) is 14.1 Å². The average molecular weight is 383 g/mol. The second-order valence-electron chi connectivity index (χ2n) is 5.74. The van der Waals surface area contributed by atoms with Crippen molar-refractivity contribution in [2.75, 3.05) is 0 Å². The van der Waals surface area contributed by atoms with E-state index < -0.39 is 5.91 Å². The minimum absolute atomic E-state index is 0.0166. The first-order chi connectivity index (χ1) is 13.1. The topological polar surface area (TPSA) is 85.8 Å². The van der Waals surface area contributed by atoms with E-state index in [1.807, 2.05) is 17.5 Å². The van der Waals surface area contributed by atoms with Crippen molar-refractivity contribution < 1.29 is 13.7 Å². The minimum Gasteiger partial charge on any atom is -0.361 e. The highest BCUT2D eigenvalue weighted by atomic mass is 32.1. The Balaban J connectivity index is 1.64. The first kappa shape index (κ1) is 17.1. The molecule has 0 saturated carbocycles. The molecule has 0 bridgehead atoms. The summed E-state index contributed by atoms with van der Waals surface area (Å²) in [7, 11) is 0. The van der Waals surface area contributed by atoms with Gasteiger partial charge < -0.3 is 9.84 Å². The van der Waals surface area contributed by atoms with Crippen molar-refractivity contribution in [1.82, 2.24) is 25.2 Å². The van der Waals surface area contributed by atoms with Crippen molar-refractivity contribution in [3.63, 3.8) is 0 Å². The van der Waals surface area contributed by atoms with Crippen LogP contribution in [0.5, 0.6) is 0 Å². The number of halogens is 1. The van der Waals surface area contributed by atoms with Gasteiger partial charge in [-0.1, -0.05) is 11.2 Å². The Labute approximate surface area is 157 Å². The number of benzene rings is 1. The van der Waals surface area contributed by atoms with Crippen molar-refractivity contribution in [2.45, 2.75) is 13.5 Å². The van der Waals surface area contributed by atoms with Crippen LogP contribution in [0.4, 0.5) is 4.39 Å². The van der Waals surface area contributed by atoms with Crippen molar-refractivity contribution in [2.24, 2.45) is 0 Å². The average Bonchev–Trinajstić information content (AvgIpc) is 3.40. The molecule has 0 spiro atoms. The third kappa shape index (κ3) is 3.63. The van der Waals surface area contributed by atoms with Gasteiger partial charge in [-0.2, -0.15) is 0 Å². The monoisotopic (exact) mass is 383 g/mol. The fourth-order valence-corrected chi connectivity index (χ4v) is 3.19. The first-order valence-corrected chi connectivity index (χ1v) is 8.95. The molecule has 1 aromatic carbocycles. The van der Waals surface area contributed by atoms with E-state index in [0.717, 1.165) is 4.88 Å². The molecule has 4 aromatic rings. The number of aryl methyl sites for hydroxylation is 1. The Kier molecular flexibility index (Phi) is 4.51. The van der Waals surface area contributed by atoms with Gasteiger partial charge in [-0.05, 0) is 42.6 Å². The number of amides is 1. The predicted octanol–water partition coefficient (Wildman–Crippen LogP) is 3.36. The summed E-state index contributed by atoms with van der Waals surface area (Å²) in [6.07, 6.45) is 0. The Bertz CT molecular complexity index is 1070. The minimum atomic E-state index is -0.436. The summed E-state index contributed by atoms with van der Waals surface area (Å²) in [6.45, 7) is 1.98. The third-order valence-corrected chi connectivity index (χ3v) is 4.60. The summed E-state index contributed by atoms with van der Waals surface area (Å²) < 4.78 is 19.8. The van der Waals surface area contributed by atoms with Crippen molar-refractivity contribution in [3.05, 3.63) is 70.9 Å². The van der Waals surface area contributed by atoms with Crippen LogP contribution in [0, 0.1) is 12.7 Å². The number of carbonyl (C=O) groups excluding carboxylic acids is 1. The third-order valence-electron chi connectivity index (χ3n) is 3.73. The van der Waals surface area contributed by atoms with E-state index in [4.69, 9.17) is 4.52 Å². The zero-order valence-corrected chi connectivity index (χ0v) is 15.0. The van der Waals surface area contributed by atoms with E-state index in [1.165, 1.54) is 28.2 Å². The van der Waals surface area contributed by atoms with E-state index in [2.05, 4.69) is 20.6 Å². The highest BCUT2D eigenvalue weighted by Gasteiger charge is 2.19. The molecule has 0 aliphatic rings. The Morgan fingerprint density at radius 3 is 2.78 bits per heavy atom. The number of hydrogen-bond acceptors (Lipinski definition) is 6. The highest BCUT2D eigenvalue weighted by molar-refractivity contribution is 7.13. The van der Waals surface area contributed by atoms with E-state index in [-0.39, 0.29) is 18.2 Å². The van der Waals surface area contributed by atoms with Gasteiger partial charge in [-0.15, -0.1) is 16.4 Å². The molecule has 0 atom stereocenters. The zero-order valence-electron chi connectivity index (χ0n) is 14.2. The molecule has 1 amide bonds. The maximum absolute atomic E-state index is 13.3. The number of carbonyl (C=O) groups is 1. The SMILES string of the molecule is Cc1cc(CNC(=O)c2nc(-c3cccs3)n(-c3ccc(F)cc3)n2)no1. The number of nitrogens with one attached hydrogen (secondary N) is 1. The van der Waals surface area contributed by atoms with Crippen LogP contribution in [0.3, 0.4) is 0 Å². The Morgan fingerprint density at radius 2 is 2.11 bits per heavy atom. The quantitative estimate of drug-likeness (QED) is 0.571. The molecular formula is C18H14FN5O2S. The number of thiophene rings is 1. The number of hydrogen-bond donors (Lipinski definition) is 1. The van der Waals surface area contributed by atoms with Crippen LogP contribution in [0.2, 0.25) is 0 Å². The molecule has 0 aliphatic carbocycles. The molecule has 1 N–H and O–H groups in total. The van der Waals surface area contributed by atoms with Crippen LogP contribution in [0.1, 0.15) is 22.1 Å². The second kappa shape index (κ2) is 7.12. The van der Waals surface area contributed by atoms with Crippen LogP contribution in [-0.4, -0.2) is 25.8 Å². The smallest absolute Gasteiger partial charge is 0.291 e. The van der Waals surface area contributed by atoms with E-state index >= 15 is 0 Å². The fourth-order valence-electron chi connectivity index (χ4n) is 2.49. The summed E-state index contributed by atoms with van der Waals surface area (Å²) in [5, 5.41) is 12.8. The zero-order chi connectivity index (χ0) is 18.8. The van der Waals surface area contributed by atoms with Crippen LogP contribution in [-0.2, 0) is 6.54 Å². The summed E-state index contributed by atoms with van der Waals surface area (Å²) in [5.41, 5.74) is 1.22. The lowest BCUT2D eigenvalue weighted by Gasteiger charge is -2.03. The summed E-state index contributed by atoms with van der Waals surface area (Å²) in [6, 6.07) is 11.3. The van der Waals surface area contributed by atoms with Crippen LogP contribution < -0.4 is 5.32 Å². The molecule has 4 rings (SSSR count). The molecule has 136 valence electrons. The summed E-state index contributed by atoms with van der Waals surface area (Å²) in [5.74, 6) is 0.409. The summed E-state index contributed by atoms with van der Waals surface area (Å²) in [4.78, 5) is 17.7. The van der Waals surface area contributed by atoms with Gasteiger partial charge in [0.05, 0.1) is 17.1 Å². The molecule has 0 unspecified atom stereocenters. The van der Waals surface area contributed by atoms with E-state index in [0.29, 0.717) is 23.0 Å². The number of aromatic nitrogens is 4. The molecule has 0 fully saturated rings. The first-order valence-electron chi connectivity index (χ1n) is 8.07. The number of nitrogens with zero attached hydrogens (tertiary/aromatic N) is 4. The molecule has 9 heteroatoms. The Morgan fingerprint density at radius 1 is 1.30 bits per heavy atom. The van der Waals surface area contributed by atoms with Crippen molar-refractivity contribution in [3.8, 4) is 16.4 Å². The maximum atomic E-state index is 13.3. The molecule has 3 heterocycles. The molecular weight excluding hydrogens is 369 g/mol. The van der Waals surface area contributed by atoms with Gasteiger partial charge in [0.25, 0.3) is 5.91 Å². The standard InChI is InChI=1S/C18H14FN5O2S/c1-11-9-13(23-26-11)10-20-18(25)16-21-17(15-3-2-8-27-15)24(22-16)14-6-4-12(19)5-7-14/h2-9H,10H2,1H3,(H,20,25). The second-order valence-corrected chi connectivity index (χ2v) is 6.68. The van der Waals surface area contributed by atoms with Crippen molar-refractivity contribution in [1.29, 1.82) is 0 Å². The largest absolute Gasteiger partial charge is 0.361 e. The molecule has 0 aliphatic heterocycles. The van der Waals surface area contributed by atoms with Gasteiger partial charge in [0.15, 0.2) is 5.82 Å². The predicted molar refractivity (Wildman–Crippen MR) is 97.0 cm³/mol. The number of rotatable bonds is 5. The lowest BCUT2D eigenvalue weighted by Crippen LogP contribution is -2.24. The van der Waals surface area contributed by atoms with Crippen LogP contribution >= 0.6 is 11.3 Å². The molecule has 0 radical (unpaired) electrons. The van der Waals surface area contributed by atoms with Gasteiger partial charge >= 0.3 is 0 Å². The van der Waals surface area contributed by atoms with Gasteiger partial charge in [-0.3, -0.25) is 4.79 Å². The van der Waals surface area contributed by atoms with Crippen molar-refractivity contribution >= 4 is 17.2 Å². The molecule has 27 heavy (non-hydrogen) atoms. The van der Waals surface area contributed by atoms with E-state index in [9.17, 15) is 9.18 Å². The van der Waals surface area contributed by atoms with Gasteiger partial charge in [0, 0.05) is 6.07 Å². The van der Waals surface area contributed by atoms with Gasteiger partial charge in [0.2, 0.25) is 5.82 Å². The highest BCUT2D eigenvalue weighted by Crippen LogP contribution is 2.25. The normalized spacial score (nSPS) is 10.9. The molecule has 3 aromatic heterocycles. The van der Waals surface area contributed by atoms with Crippen LogP contribution in [0.25, 0.3) is 16.4 Å².